The lowest BCUT2D eigenvalue weighted by molar-refractivity contribution is 0.0945. The van der Waals surface area contributed by atoms with Gasteiger partial charge in [0.05, 0.1) is 29.3 Å². The topological polar surface area (TPSA) is 86.1 Å². The van der Waals surface area contributed by atoms with Crippen molar-refractivity contribution in [3.63, 3.8) is 0 Å². The van der Waals surface area contributed by atoms with Crippen LogP contribution in [0.5, 0.6) is 5.75 Å². The van der Waals surface area contributed by atoms with Gasteiger partial charge in [-0.25, -0.2) is 0 Å². The minimum atomic E-state index is -0.247. The van der Waals surface area contributed by atoms with Crippen LogP contribution in [0.15, 0.2) is 48.5 Å². The lowest BCUT2D eigenvalue weighted by Crippen LogP contribution is -2.25. The second kappa shape index (κ2) is 9.64. The fraction of sp³-hybridized carbons (Fsp3) is 0.231. The molecular weight excluding hydrogens is 484 g/mol. The number of hydrogen-bond donors (Lipinski definition) is 1. The first-order valence-corrected chi connectivity index (χ1v) is 12.5. The number of carbonyl (C=O) groups is 2. The average molecular weight is 507 g/mol. The maximum Gasteiger partial charge on any atom is 0.255 e. The van der Waals surface area contributed by atoms with E-state index in [4.69, 9.17) is 16.3 Å². The third kappa shape index (κ3) is 4.35. The molecule has 2 aromatic carbocycles. The Hall–Kier alpha value is -3.49. The molecule has 0 radical (unpaired) electrons. The first-order valence-electron chi connectivity index (χ1n) is 11.3. The molecule has 1 N–H and O–H groups in total. The van der Waals surface area contributed by atoms with Gasteiger partial charge in [0, 0.05) is 16.9 Å². The molecular formula is C26H23ClN4O3S. The summed E-state index contributed by atoms with van der Waals surface area (Å²) in [7, 11) is 0. The van der Waals surface area contributed by atoms with E-state index in [9.17, 15) is 9.59 Å². The van der Waals surface area contributed by atoms with Gasteiger partial charge in [-0.15, -0.1) is 21.5 Å². The van der Waals surface area contributed by atoms with Crippen LogP contribution in [0.25, 0.3) is 5.00 Å². The van der Waals surface area contributed by atoms with Gasteiger partial charge in [-0.3, -0.25) is 14.2 Å². The molecule has 0 bridgehead atoms. The summed E-state index contributed by atoms with van der Waals surface area (Å²) in [6.45, 7) is 4.58. The minimum absolute atomic E-state index is 0.141. The number of rotatable bonds is 7. The van der Waals surface area contributed by atoms with E-state index < -0.39 is 0 Å². The van der Waals surface area contributed by atoms with Crippen molar-refractivity contribution < 1.29 is 14.3 Å². The van der Waals surface area contributed by atoms with Crippen molar-refractivity contribution in [2.24, 2.45) is 0 Å². The summed E-state index contributed by atoms with van der Waals surface area (Å²) in [5.74, 6) is 1.38. The number of nitrogens with zero attached hydrogens (tertiary/aromatic N) is 3. The Balaban J connectivity index is 1.47. The molecule has 0 saturated heterocycles. The number of benzene rings is 2. The van der Waals surface area contributed by atoms with Crippen LogP contribution in [-0.2, 0) is 19.4 Å². The zero-order chi connectivity index (χ0) is 24.5. The SMILES string of the molecule is CCc1cc(C(=O)c2ccccc2Cl)c(-n2c(C)nnc2CNC(=O)c2cccc3c2OCC3)s1. The second-order valence-corrected chi connectivity index (χ2v) is 9.69. The number of fused-ring (bicyclic) bond motifs is 1. The van der Waals surface area contributed by atoms with Gasteiger partial charge in [-0.2, -0.15) is 0 Å². The van der Waals surface area contributed by atoms with Crippen molar-refractivity contribution >= 4 is 34.6 Å². The highest BCUT2D eigenvalue weighted by Crippen LogP contribution is 2.32. The van der Waals surface area contributed by atoms with E-state index in [0.29, 0.717) is 50.7 Å². The van der Waals surface area contributed by atoms with Crippen LogP contribution in [0, 0.1) is 6.92 Å². The fourth-order valence-corrected chi connectivity index (χ4v) is 5.54. The quantitative estimate of drug-likeness (QED) is 0.358. The predicted molar refractivity (Wildman–Crippen MR) is 135 cm³/mol. The third-order valence-corrected chi connectivity index (χ3v) is 7.53. The summed E-state index contributed by atoms with van der Waals surface area (Å²) in [4.78, 5) is 27.5. The van der Waals surface area contributed by atoms with Gasteiger partial charge in [-0.05, 0) is 43.2 Å². The maximum atomic E-state index is 13.5. The zero-order valence-corrected chi connectivity index (χ0v) is 20.9. The summed E-state index contributed by atoms with van der Waals surface area (Å²) >= 11 is 7.83. The van der Waals surface area contributed by atoms with E-state index in [-0.39, 0.29) is 18.2 Å². The van der Waals surface area contributed by atoms with Crippen LogP contribution in [0.2, 0.25) is 5.02 Å². The van der Waals surface area contributed by atoms with Crippen molar-refractivity contribution in [2.45, 2.75) is 33.2 Å². The highest BCUT2D eigenvalue weighted by Gasteiger charge is 2.25. The van der Waals surface area contributed by atoms with Gasteiger partial charge in [0.25, 0.3) is 5.91 Å². The Labute approximate surface area is 211 Å². The number of nitrogens with one attached hydrogen (secondary N) is 1. The second-order valence-electron chi connectivity index (χ2n) is 8.17. The normalized spacial score (nSPS) is 12.3. The molecule has 9 heteroatoms. The number of hydrogen-bond acceptors (Lipinski definition) is 6. The number of thiophene rings is 1. The Kier molecular flexibility index (Phi) is 6.40. The fourth-order valence-electron chi connectivity index (χ4n) is 4.16. The molecule has 7 nitrogen and oxygen atoms in total. The van der Waals surface area contributed by atoms with Crippen LogP contribution in [0.4, 0.5) is 0 Å². The number of para-hydroxylation sites is 1. The average Bonchev–Trinajstić information content (AvgIpc) is 3.60. The molecule has 3 heterocycles. The van der Waals surface area contributed by atoms with E-state index >= 15 is 0 Å². The van der Waals surface area contributed by atoms with E-state index in [1.807, 2.05) is 36.6 Å². The summed E-state index contributed by atoms with van der Waals surface area (Å²) in [5.41, 5.74) is 2.51. The van der Waals surface area contributed by atoms with Gasteiger partial charge in [0.1, 0.15) is 16.6 Å². The van der Waals surface area contributed by atoms with Gasteiger partial charge in [0.15, 0.2) is 11.6 Å². The number of aryl methyl sites for hydroxylation is 2. The molecule has 0 aliphatic carbocycles. The number of ether oxygens (including phenoxy) is 1. The lowest BCUT2D eigenvalue weighted by Gasteiger charge is -2.12. The smallest absolute Gasteiger partial charge is 0.255 e. The van der Waals surface area contributed by atoms with Crippen LogP contribution < -0.4 is 10.1 Å². The predicted octanol–water partition coefficient (Wildman–Crippen LogP) is 4.95. The molecule has 1 aliphatic heterocycles. The third-order valence-electron chi connectivity index (χ3n) is 5.94. The molecule has 178 valence electrons. The first kappa shape index (κ1) is 23.3. The van der Waals surface area contributed by atoms with Crippen LogP contribution in [0.3, 0.4) is 0 Å². The Morgan fingerprint density at radius 2 is 1.91 bits per heavy atom. The van der Waals surface area contributed by atoms with Gasteiger partial charge >= 0.3 is 0 Å². The standard InChI is InChI=1S/C26H23ClN4O3S/c1-3-17-13-20(23(32)18-8-4-5-10-21(18)27)26(35-17)31-15(2)29-30-22(31)14-28-25(33)19-9-6-7-16-11-12-34-24(16)19/h4-10,13H,3,11-12,14H2,1-2H3,(H,28,33). The highest BCUT2D eigenvalue weighted by atomic mass is 35.5. The van der Waals surface area contributed by atoms with Crippen LogP contribution >= 0.6 is 22.9 Å². The number of amides is 1. The van der Waals surface area contributed by atoms with E-state index in [2.05, 4.69) is 15.5 Å². The molecule has 5 rings (SSSR count). The summed E-state index contributed by atoms with van der Waals surface area (Å²) in [6.07, 6.45) is 1.57. The number of halogens is 1. The largest absolute Gasteiger partial charge is 0.492 e. The molecule has 0 unspecified atom stereocenters. The first-order chi connectivity index (χ1) is 17.0. The van der Waals surface area contributed by atoms with Crippen LogP contribution in [0.1, 0.15) is 55.3 Å². The van der Waals surface area contributed by atoms with Crippen molar-refractivity contribution in [1.82, 2.24) is 20.1 Å². The summed E-state index contributed by atoms with van der Waals surface area (Å²) < 4.78 is 7.50. The Morgan fingerprint density at radius 3 is 2.71 bits per heavy atom. The molecule has 4 aromatic rings. The maximum absolute atomic E-state index is 13.5. The van der Waals surface area contributed by atoms with E-state index in [1.165, 1.54) is 11.3 Å². The molecule has 2 aromatic heterocycles. The molecule has 1 amide bonds. The Morgan fingerprint density at radius 1 is 1.11 bits per heavy atom. The number of ketones is 1. The molecule has 1 aliphatic rings. The molecule has 0 spiro atoms. The van der Waals surface area contributed by atoms with Gasteiger partial charge in [0.2, 0.25) is 0 Å². The monoisotopic (exact) mass is 506 g/mol. The molecule has 35 heavy (non-hydrogen) atoms. The minimum Gasteiger partial charge on any atom is -0.492 e. The number of carbonyl (C=O) groups excluding carboxylic acids is 2. The highest BCUT2D eigenvalue weighted by molar-refractivity contribution is 7.15. The van der Waals surface area contributed by atoms with Crippen molar-refractivity contribution in [3.05, 3.63) is 92.3 Å². The molecule has 0 atom stereocenters. The van der Waals surface area contributed by atoms with Gasteiger partial charge in [-0.1, -0.05) is 42.8 Å². The molecule has 0 saturated carbocycles. The lowest BCUT2D eigenvalue weighted by atomic mass is 10.0. The zero-order valence-electron chi connectivity index (χ0n) is 19.3. The summed E-state index contributed by atoms with van der Waals surface area (Å²) in [6, 6.07) is 14.5. The van der Waals surface area contributed by atoms with Crippen molar-refractivity contribution in [3.8, 4) is 10.8 Å². The van der Waals surface area contributed by atoms with Crippen LogP contribution in [-0.4, -0.2) is 33.1 Å². The van der Waals surface area contributed by atoms with Gasteiger partial charge < -0.3 is 10.1 Å². The molecule has 0 fully saturated rings. The Bertz CT molecular complexity index is 1440. The van der Waals surface area contributed by atoms with E-state index in [0.717, 1.165) is 23.3 Å². The van der Waals surface area contributed by atoms with Crippen molar-refractivity contribution in [1.29, 1.82) is 0 Å². The summed E-state index contributed by atoms with van der Waals surface area (Å²) in [5, 5.41) is 12.6. The van der Waals surface area contributed by atoms with Crippen molar-refractivity contribution in [2.75, 3.05) is 6.61 Å². The number of aromatic nitrogens is 3. The van der Waals surface area contributed by atoms with E-state index in [1.54, 1.807) is 30.3 Å².